The van der Waals surface area contributed by atoms with Crippen LogP contribution in [0.15, 0.2) is 27.6 Å². The lowest BCUT2D eigenvalue weighted by molar-refractivity contribution is 0.250. The summed E-state index contributed by atoms with van der Waals surface area (Å²) >= 11 is 9.13. The highest BCUT2D eigenvalue weighted by Gasteiger charge is 2.31. The summed E-state index contributed by atoms with van der Waals surface area (Å²) in [6, 6.07) is 4.85. The number of piperidine rings is 1. The standard InChI is InChI=1S/C13H18BrClN2O2S.ClH/c1-9(16)10-4-6-17(7-5-10)20(18,19)13-3-2-11(15)8-12(13)14;/h2-3,8-10H,4-7,16H2,1H3;1H. The Morgan fingerprint density at radius 1 is 1.38 bits per heavy atom. The van der Waals surface area contributed by atoms with E-state index in [-0.39, 0.29) is 23.3 Å². The number of sulfonamides is 1. The summed E-state index contributed by atoms with van der Waals surface area (Å²) in [6.07, 6.45) is 1.62. The second-order valence-electron chi connectivity index (χ2n) is 5.18. The molecular formula is C13H19BrCl2N2O2S. The van der Waals surface area contributed by atoms with Gasteiger partial charge in [0.25, 0.3) is 0 Å². The molecule has 1 aromatic rings. The van der Waals surface area contributed by atoms with E-state index in [1.165, 1.54) is 4.31 Å². The van der Waals surface area contributed by atoms with Gasteiger partial charge >= 0.3 is 0 Å². The molecule has 0 aromatic heterocycles. The second-order valence-corrected chi connectivity index (χ2v) is 8.37. The summed E-state index contributed by atoms with van der Waals surface area (Å²) in [5, 5.41) is 0.506. The summed E-state index contributed by atoms with van der Waals surface area (Å²) in [6.45, 7) is 3.01. The molecule has 0 bridgehead atoms. The minimum atomic E-state index is -3.47. The van der Waals surface area contributed by atoms with Crippen LogP contribution in [0.3, 0.4) is 0 Å². The van der Waals surface area contributed by atoms with Gasteiger partial charge in [0.2, 0.25) is 10.0 Å². The van der Waals surface area contributed by atoms with E-state index in [4.69, 9.17) is 17.3 Å². The van der Waals surface area contributed by atoms with Gasteiger partial charge in [-0.3, -0.25) is 0 Å². The number of nitrogens with zero attached hydrogens (tertiary/aromatic N) is 1. The Labute approximate surface area is 145 Å². The molecule has 21 heavy (non-hydrogen) atoms. The van der Waals surface area contributed by atoms with Crippen molar-refractivity contribution in [3.05, 3.63) is 27.7 Å². The SMILES string of the molecule is CC(N)C1CCN(S(=O)(=O)c2ccc(Cl)cc2Br)CC1.Cl. The number of benzene rings is 1. The highest BCUT2D eigenvalue weighted by molar-refractivity contribution is 9.10. The van der Waals surface area contributed by atoms with E-state index in [1.54, 1.807) is 18.2 Å². The maximum atomic E-state index is 12.6. The van der Waals surface area contributed by atoms with E-state index in [2.05, 4.69) is 15.9 Å². The van der Waals surface area contributed by atoms with Crippen molar-refractivity contribution in [1.82, 2.24) is 4.31 Å². The number of nitrogens with two attached hydrogens (primary N) is 1. The zero-order valence-corrected chi connectivity index (χ0v) is 15.6. The van der Waals surface area contributed by atoms with Gasteiger partial charge in [-0.05, 0) is 59.8 Å². The fraction of sp³-hybridized carbons (Fsp3) is 0.538. The smallest absolute Gasteiger partial charge is 0.244 e. The van der Waals surface area contributed by atoms with Gasteiger partial charge in [0.15, 0.2) is 0 Å². The third-order valence-corrected chi connectivity index (χ3v) is 6.86. The largest absolute Gasteiger partial charge is 0.328 e. The summed E-state index contributed by atoms with van der Waals surface area (Å²) < 4.78 is 27.3. The number of hydrogen-bond donors (Lipinski definition) is 1. The highest BCUT2D eigenvalue weighted by atomic mass is 79.9. The zero-order valence-electron chi connectivity index (χ0n) is 11.6. The molecule has 120 valence electrons. The lowest BCUT2D eigenvalue weighted by atomic mass is 9.92. The van der Waals surface area contributed by atoms with Crippen LogP contribution >= 0.6 is 39.9 Å². The van der Waals surface area contributed by atoms with Gasteiger partial charge in [-0.25, -0.2) is 8.42 Å². The predicted molar refractivity (Wildman–Crippen MR) is 91.5 cm³/mol. The van der Waals surface area contributed by atoms with Gasteiger partial charge in [-0.2, -0.15) is 4.31 Å². The maximum absolute atomic E-state index is 12.6. The molecular weight excluding hydrogens is 399 g/mol. The first kappa shape index (κ1) is 19.2. The minimum Gasteiger partial charge on any atom is -0.328 e. The van der Waals surface area contributed by atoms with Crippen LogP contribution in [0.5, 0.6) is 0 Å². The molecule has 8 heteroatoms. The van der Waals surface area contributed by atoms with Crippen LogP contribution in [0, 0.1) is 5.92 Å². The van der Waals surface area contributed by atoms with Crippen LogP contribution in [-0.4, -0.2) is 31.9 Å². The van der Waals surface area contributed by atoms with Crippen LogP contribution in [0.25, 0.3) is 0 Å². The van der Waals surface area contributed by atoms with Gasteiger partial charge in [0, 0.05) is 28.6 Å². The molecule has 1 fully saturated rings. The van der Waals surface area contributed by atoms with Crippen LogP contribution < -0.4 is 5.73 Å². The fourth-order valence-corrected chi connectivity index (χ4v) is 5.28. The molecule has 1 aliphatic rings. The Morgan fingerprint density at radius 3 is 2.43 bits per heavy atom. The molecule has 0 radical (unpaired) electrons. The maximum Gasteiger partial charge on any atom is 0.244 e. The van der Waals surface area contributed by atoms with E-state index in [1.807, 2.05) is 6.92 Å². The lowest BCUT2D eigenvalue weighted by Gasteiger charge is -2.33. The molecule has 0 aliphatic carbocycles. The van der Waals surface area contributed by atoms with Crippen LogP contribution in [-0.2, 0) is 10.0 Å². The van der Waals surface area contributed by atoms with E-state index in [0.717, 1.165) is 12.8 Å². The molecule has 1 aliphatic heterocycles. The molecule has 1 saturated heterocycles. The number of halogens is 3. The quantitative estimate of drug-likeness (QED) is 0.820. The molecule has 4 nitrogen and oxygen atoms in total. The van der Waals surface area contributed by atoms with E-state index >= 15 is 0 Å². The van der Waals surface area contributed by atoms with Crippen LogP contribution in [0.4, 0.5) is 0 Å². The van der Waals surface area contributed by atoms with Crippen molar-refractivity contribution < 1.29 is 8.42 Å². The monoisotopic (exact) mass is 416 g/mol. The van der Waals surface area contributed by atoms with Crippen molar-refractivity contribution in [3.63, 3.8) is 0 Å². The van der Waals surface area contributed by atoms with Crippen LogP contribution in [0.1, 0.15) is 19.8 Å². The van der Waals surface area contributed by atoms with Crippen LogP contribution in [0.2, 0.25) is 5.02 Å². The summed E-state index contributed by atoms with van der Waals surface area (Å²) in [7, 11) is -3.47. The highest BCUT2D eigenvalue weighted by Crippen LogP contribution is 2.30. The van der Waals surface area contributed by atoms with Gasteiger partial charge in [0.05, 0.1) is 4.90 Å². The number of hydrogen-bond acceptors (Lipinski definition) is 3. The van der Waals surface area contributed by atoms with Crippen molar-refractivity contribution in [1.29, 1.82) is 0 Å². The van der Waals surface area contributed by atoms with Gasteiger partial charge < -0.3 is 5.73 Å². The van der Waals surface area contributed by atoms with E-state index in [0.29, 0.717) is 28.5 Å². The first-order chi connectivity index (χ1) is 9.32. The predicted octanol–water partition coefficient (Wildman–Crippen LogP) is 3.27. The molecule has 2 N–H and O–H groups in total. The summed E-state index contributed by atoms with van der Waals surface area (Å²) in [4.78, 5) is 0.265. The van der Waals surface area contributed by atoms with Crippen molar-refractivity contribution >= 4 is 50.0 Å². The Morgan fingerprint density at radius 2 is 1.95 bits per heavy atom. The topological polar surface area (TPSA) is 63.4 Å². The molecule has 2 rings (SSSR count). The molecule has 0 saturated carbocycles. The third kappa shape index (κ3) is 4.33. The first-order valence-electron chi connectivity index (χ1n) is 6.53. The fourth-order valence-electron chi connectivity index (χ4n) is 2.47. The van der Waals surface area contributed by atoms with Crippen molar-refractivity contribution in [2.75, 3.05) is 13.1 Å². The minimum absolute atomic E-state index is 0. The lowest BCUT2D eigenvalue weighted by Crippen LogP contribution is -2.42. The molecule has 1 unspecified atom stereocenters. The van der Waals surface area contributed by atoms with E-state index < -0.39 is 10.0 Å². The van der Waals surface area contributed by atoms with Crippen molar-refractivity contribution in [2.45, 2.75) is 30.7 Å². The summed E-state index contributed by atoms with van der Waals surface area (Å²) in [5.41, 5.74) is 5.88. The second kappa shape index (κ2) is 7.62. The average molecular weight is 418 g/mol. The Balaban J connectivity index is 0.00000220. The van der Waals surface area contributed by atoms with Crippen molar-refractivity contribution in [2.24, 2.45) is 11.7 Å². The molecule has 1 aromatic carbocycles. The molecule has 0 spiro atoms. The molecule has 1 atom stereocenters. The summed E-state index contributed by atoms with van der Waals surface area (Å²) in [5.74, 6) is 0.398. The Kier molecular flexibility index (Phi) is 6.96. The Hall–Kier alpha value is 0.150. The van der Waals surface area contributed by atoms with Gasteiger partial charge in [-0.15, -0.1) is 12.4 Å². The normalized spacial score (nSPS) is 19.0. The van der Waals surface area contributed by atoms with Gasteiger partial charge in [0.1, 0.15) is 0 Å². The number of rotatable bonds is 3. The molecule has 1 heterocycles. The third-order valence-electron chi connectivity index (χ3n) is 3.75. The zero-order chi connectivity index (χ0) is 14.9. The van der Waals surface area contributed by atoms with Gasteiger partial charge in [-0.1, -0.05) is 11.6 Å². The molecule has 0 amide bonds. The van der Waals surface area contributed by atoms with E-state index in [9.17, 15) is 8.42 Å². The van der Waals surface area contributed by atoms with Crippen molar-refractivity contribution in [3.8, 4) is 0 Å². The average Bonchev–Trinajstić information content (AvgIpc) is 2.38. The Bertz CT molecular complexity index is 588. The first-order valence-corrected chi connectivity index (χ1v) is 9.14.